The van der Waals surface area contributed by atoms with Gasteiger partial charge in [0.2, 0.25) is 0 Å². The van der Waals surface area contributed by atoms with Crippen molar-refractivity contribution in [3.63, 3.8) is 0 Å². The Bertz CT molecular complexity index is 674. The van der Waals surface area contributed by atoms with E-state index in [9.17, 15) is 4.79 Å². The minimum absolute atomic E-state index is 0. The van der Waals surface area contributed by atoms with Crippen molar-refractivity contribution in [3.05, 3.63) is 18.7 Å². The lowest BCUT2D eigenvalue weighted by Gasteiger charge is -2.39. The zero-order valence-corrected chi connectivity index (χ0v) is 22.3. The number of rotatable bonds is 7. The van der Waals surface area contributed by atoms with Gasteiger partial charge in [-0.1, -0.05) is 20.3 Å². The number of aliphatic imine (C=N–C) groups is 1. The number of ether oxygens (including phenoxy) is 1. The summed E-state index contributed by atoms with van der Waals surface area (Å²) >= 11 is 0. The third kappa shape index (κ3) is 9.24. The van der Waals surface area contributed by atoms with Gasteiger partial charge in [0, 0.05) is 32.0 Å². The first-order valence-corrected chi connectivity index (χ1v) is 11.2. The van der Waals surface area contributed by atoms with Crippen LogP contribution in [0.4, 0.5) is 4.79 Å². The molecule has 1 aliphatic heterocycles. The van der Waals surface area contributed by atoms with Crippen molar-refractivity contribution in [1.82, 2.24) is 25.1 Å². The number of amides is 1. The normalized spacial score (nSPS) is 20.6. The highest BCUT2D eigenvalue weighted by Gasteiger charge is 2.29. The summed E-state index contributed by atoms with van der Waals surface area (Å²) in [5.74, 6) is 1.49. The Morgan fingerprint density at radius 1 is 1.35 bits per heavy atom. The number of hydrogen-bond acceptors (Lipinski definition) is 4. The molecule has 1 amide bonds. The van der Waals surface area contributed by atoms with Crippen molar-refractivity contribution in [3.8, 4) is 0 Å². The molecule has 0 saturated carbocycles. The van der Waals surface area contributed by atoms with E-state index in [4.69, 9.17) is 9.73 Å². The van der Waals surface area contributed by atoms with E-state index < -0.39 is 5.60 Å². The second-order valence-corrected chi connectivity index (χ2v) is 9.12. The zero-order valence-electron chi connectivity index (χ0n) is 19.9. The van der Waals surface area contributed by atoms with Gasteiger partial charge in [-0.25, -0.2) is 9.78 Å². The molecule has 2 heterocycles. The fourth-order valence-corrected chi connectivity index (χ4v) is 3.75. The maximum atomic E-state index is 12.2. The van der Waals surface area contributed by atoms with Gasteiger partial charge < -0.3 is 24.8 Å². The Labute approximate surface area is 204 Å². The molecular formula is C22H41IN6O2. The van der Waals surface area contributed by atoms with E-state index in [1.165, 1.54) is 0 Å². The van der Waals surface area contributed by atoms with E-state index in [0.29, 0.717) is 18.5 Å². The molecule has 0 spiro atoms. The number of guanidine groups is 1. The zero-order chi connectivity index (χ0) is 22.1. The minimum Gasteiger partial charge on any atom is -0.444 e. The van der Waals surface area contributed by atoms with Crippen molar-refractivity contribution in [1.29, 1.82) is 0 Å². The molecule has 3 unspecified atom stereocenters. The second-order valence-electron chi connectivity index (χ2n) is 9.12. The van der Waals surface area contributed by atoms with Crippen LogP contribution >= 0.6 is 24.0 Å². The quantitative estimate of drug-likeness (QED) is 0.305. The van der Waals surface area contributed by atoms with Crippen LogP contribution in [0.15, 0.2) is 23.7 Å². The van der Waals surface area contributed by atoms with E-state index in [2.05, 4.69) is 45.9 Å². The summed E-state index contributed by atoms with van der Waals surface area (Å²) < 4.78 is 7.62. The number of carbonyl (C=O) groups is 1. The van der Waals surface area contributed by atoms with Crippen LogP contribution in [-0.2, 0) is 4.74 Å². The largest absolute Gasteiger partial charge is 0.444 e. The molecule has 0 aliphatic carbocycles. The number of carbonyl (C=O) groups excluding carboxylic acids is 1. The molecule has 1 aromatic heterocycles. The summed E-state index contributed by atoms with van der Waals surface area (Å²) in [4.78, 5) is 23.6. The van der Waals surface area contributed by atoms with E-state index in [1.54, 1.807) is 0 Å². The van der Waals surface area contributed by atoms with Gasteiger partial charge in [0.05, 0.1) is 25.0 Å². The third-order valence-corrected chi connectivity index (χ3v) is 5.28. The van der Waals surface area contributed by atoms with Gasteiger partial charge >= 0.3 is 6.09 Å². The summed E-state index contributed by atoms with van der Waals surface area (Å²) in [6, 6.07) is 0.322. The van der Waals surface area contributed by atoms with Crippen molar-refractivity contribution < 1.29 is 9.53 Å². The number of nitrogens with one attached hydrogen (secondary N) is 2. The molecule has 178 valence electrons. The summed E-state index contributed by atoms with van der Waals surface area (Å²) in [7, 11) is 0. The fourth-order valence-electron chi connectivity index (χ4n) is 3.75. The van der Waals surface area contributed by atoms with Crippen LogP contribution in [-0.4, -0.2) is 64.3 Å². The van der Waals surface area contributed by atoms with Crippen LogP contribution in [0.3, 0.4) is 0 Å². The number of piperidine rings is 1. The summed E-state index contributed by atoms with van der Waals surface area (Å²) in [5.41, 5.74) is -0.508. The van der Waals surface area contributed by atoms with Crippen LogP contribution in [0.25, 0.3) is 0 Å². The standard InChI is InChI=1S/C22H40N6O2.HI/c1-7-9-18(26-21(29)30-22(4,5)6)14-25-20(24-8-2)27-12-10-17(3)19(15-27)28-13-11-23-16-28;/h11,13,16-19H,7-10,12,14-15H2,1-6H3,(H,24,25)(H,26,29);1H. The number of nitrogens with zero attached hydrogens (tertiary/aromatic N) is 4. The van der Waals surface area contributed by atoms with Gasteiger partial charge in [-0.05, 0) is 46.5 Å². The first kappa shape index (κ1) is 27.5. The minimum atomic E-state index is -0.508. The molecular weight excluding hydrogens is 507 g/mol. The summed E-state index contributed by atoms with van der Waals surface area (Å²) in [6.07, 6.45) is 8.32. The molecule has 1 aromatic rings. The number of halogens is 1. The average Bonchev–Trinajstić information content (AvgIpc) is 3.18. The van der Waals surface area contributed by atoms with Crippen LogP contribution in [0, 0.1) is 5.92 Å². The fraction of sp³-hybridized carbons (Fsp3) is 0.773. The van der Waals surface area contributed by atoms with Gasteiger partial charge in [0.25, 0.3) is 0 Å². The lowest BCUT2D eigenvalue weighted by atomic mass is 9.93. The van der Waals surface area contributed by atoms with Crippen molar-refractivity contribution in [2.45, 2.75) is 78.5 Å². The Morgan fingerprint density at radius 3 is 2.68 bits per heavy atom. The maximum Gasteiger partial charge on any atom is 0.407 e. The number of aromatic nitrogens is 2. The van der Waals surface area contributed by atoms with Crippen molar-refractivity contribution in [2.75, 3.05) is 26.2 Å². The van der Waals surface area contributed by atoms with E-state index in [0.717, 1.165) is 44.9 Å². The predicted molar refractivity (Wildman–Crippen MR) is 136 cm³/mol. The smallest absolute Gasteiger partial charge is 0.407 e. The van der Waals surface area contributed by atoms with Gasteiger partial charge in [-0.2, -0.15) is 0 Å². The monoisotopic (exact) mass is 548 g/mol. The van der Waals surface area contributed by atoms with E-state index in [-0.39, 0.29) is 36.1 Å². The van der Waals surface area contributed by atoms with Crippen molar-refractivity contribution in [2.24, 2.45) is 10.9 Å². The number of alkyl carbamates (subject to hydrolysis) is 1. The highest BCUT2D eigenvalue weighted by molar-refractivity contribution is 14.0. The number of likely N-dealkylation sites (tertiary alicyclic amines) is 1. The summed E-state index contributed by atoms with van der Waals surface area (Å²) in [6.45, 7) is 15.3. The molecule has 0 bridgehead atoms. The molecule has 2 rings (SSSR count). The molecule has 1 saturated heterocycles. The molecule has 8 nitrogen and oxygen atoms in total. The lowest BCUT2D eigenvalue weighted by Crippen LogP contribution is -2.49. The Balaban J connectivity index is 0.00000480. The van der Waals surface area contributed by atoms with E-state index in [1.807, 2.05) is 39.5 Å². The number of imidazole rings is 1. The van der Waals surface area contributed by atoms with Gasteiger partial charge in [-0.3, -0.25) is 4.99 Å². The maximum absolute atomic E-state index is 12.2. The van der Waals surface area contributed by atoms with Crippen LogP contribution in [0.2, 0.25) is 0 Å². The highest BCUT2D eigenvalue weighted by atomic mass is 127. The molecule has 2 N–H and O–H groups in total. The third-order valence-electron chi connectivity index (χ3n) is 5.28. The number of hydrogen-bond donors (Lipinski definition) is 2. The van der Waals surface area contributed by atoms with Crippen LogP contribution in [0.1, 0.15) is 66.8 Å². The molecule has 31 heavy (non-hydrogen) atoms. The Morgan fingerprint density at radius 2 is 2.10 bits per heavy atom. The topological polar surface area (TPSA) is 83.8 Å². The van der Waals surface area contributed by atoms with E-state index >= 15 is 0 Å². The Hall–Kier alpha value is -1.52. The molecule has 1 aliphatic rings. The molecule has 0 radical (unpaired) electrons. The van der Waals surface area contributed by atoms with Crippen molar-refractivity contribution >= 4 is 36.0 Å². The van der Waals surface area contributed by atoms with Gasteiger partial charge in [-0.15, -0.1) is 24.0 Å². The van der Waals surface area contributed by atoms with Gasteiger partial charge in [0.1, 0.15) is 5.60 Å². The average molecular weight is 549 g/mol. The lowest BCUT2D eigenvalue weighted by molar-refractivity contribution is 0.0503. The van der Waals surface area contributed by atoms with Gasteiger partial charge in [0.15, 0.2) is 5.96 Å². The second kappa shape index (κ2) is 13.1. The predicted octanol–water partition coefficient (Wildman–Crippen LogP) is 4.04. The Kier molecular flexibility index (Phi) is 11.6. The SMILES string of the molecule is CCCC(CN=C(NCC)N1CCC(C)C(n2ccnc2)C1)NC(=O)OC(C)(C)C.I. The molecule has 1 fully saturated rings. The van der Waals surface area contributed by atoms with Crippen LogP contribution in [0.5, 0.6) is 0 Å². The molecule has 0 aromatic carbocycles. The highest BCUT2D eigenvalue weighted by Crippen LogP contribution is 2.27. The van der Waals surface area contributed by atoms with Crippen LogP contribution < -0.4 is 10.6 Å². The first-order chi connectivity index (χ1) is 14.2. The summed E-state index contributed by atoms with van der Waals surface area (Å²) in [5, 5.41) is 6.42. The first-order valence-electron chi connectivity index (χ1n) is 11.2. The molecule has 9 heteroatoms. The molecule has 3 atom stereocenters.